The topological polar surface area (TPSA) is 39.2 Å². The highest BCUT2D eigenvalue weighted by Crippen LogP contribution is 2.27. The van der Waals surface area contributed by atoms with E-state index in [1.54, 1.807) is 0 Å². The van der Waals surface area contributed by atoms with Crippen LogP contribution in [0, 0.1) is 5.92 Å². The number of carbonyl (C=O) groups excluding carboxylic acids is 1. The van der Waals surface area contributed by atoms with Gasteiger partial charge in [-0.15, -0.1) is 11.3 Å². The van der Waals surface area contributed by atoms with Crippen LogP contribution in [0.25, 0.3) is 0 Å². The van der Waals surface area contributed by atoms with Crippen LogP contribution in [0.5, 0.6) is 0 Å². The monoisotopic (exact) mass is 239 g/mol. The third-order valence-electron chi connectivity index (χ3n) is 3.13. The van der Waals surface area contributed by atoms with Crippen LogP contribution in [-0.2, 0) is 11.2 Å². The summed E-state index contributed by atoms with van der Waals surface area (Å²) in [6.07, 6.45) is 7.71. The van der Waals surface area contributed by atoms with E-state index in [0.717, 1.165) is 18.0 Å². The molecule has 0 atom stereocenters. The molecule has 88 valence electrons. The summed E-state index contributed by atoms with van der Waals surface area (Å²) < 4.78 is 4.65. The number of thiazole rings is 1. The van der Waals surface area contributed by atoms with Crippen LogP contribution >= 0.6 is 11.3 Å². The van der Waals surface area contributed by atoms with Gasteiger partial charge in [-0.1, -0.05) is 32.1 Å². The molecule has 3 nitrogen and oxygen atoms in total. The number of nitrogens with zero attached hydrogens (tertiary/aromatic N) is 1. The average molecular weight is 239 g/mol. The van der Waals surface area contributed by atoms with E-state index in [-0.39, 0.29) is 5.97 Å². The highest BCUT2D eigenvalue weighted by atomic mass is 32.1. The van der Waals surface area contributed by atoms with E-state index in [4.69, 9.17) is 0 Å². The van der Waals surface area contributed by atoms with Gasteiger partial charge in [0.25, 0.3) is 0 Å². The molecule has 0 amide bonds. The Morgan fingerprint density at radius 3 is 2.94 bits per heavy atom. The first kappa shape index (κ1) is 11.6. The van der Waals surface area contributed by atoms with Crippen molar-refractivity contribution in [2.45, 2.75) is 38.5 Å². The maximum atomic E-state index is 11.2. The molecule has 0 N–H and O–H groups in total. The molecule has 0 saturated heterocycles. The fourth-order valence-corrected chi connectivity index (χ4v) is 3.01. The molecule has 1 aliphatic carbocycles. The van der Waals surface area contributed by atoms with Gasteiger partial charge >= 0.3 is 5.97 Å². The fraction of sp³-hybridized carbons (Fsp3) is 0.667. The van der Waals surface area contributed by atoms with Crippen molar-refractivity contribution in [1.82, 2.24) is 4.98 Å². The van der Waals surface area contributed by atoms with Crippen LogP contribution in [0.2, 0.25) is 0 Å². The number of aromatic nitrogens is 1. The summed E-state index contributed by atoms with van der Waals surface area (Å²) >= 11 is 1.39. The molecule has 2 rings (SSSR count). The maximum Gasteiger partial charge on any atom is 0.367 e. The lowest BCUT2D eigenvalue weighted by Gasteiger charge is -2.20. The van der Waals surface area contributed by atoms with Gasteiger partial charge in [0.2, 0.25) is 5.01 Å². The molecule has 1 fully saturated rings. The first-order valence-electron chi connectivity index (χ1n) is 5.82. The number of hydrogen-bond donors (Lipinski definition) is 0. The Bertz CT molecular complexity index is 356. The summed E-state index contributed by atoms with van der Waals surface area (Å²) in [6.45, 7) is 0. The molecule has 1 aromatic heterocycles. The second-order valence-corrected chi connectivity index (χ2v) is 5.20. The Hall–Kier alpha value is -0.900. The lowest BCUT2D eigenvalue weighted by molar-refractivity contribution is 0.0600. The predicted molar refractivity (Wildman–Crippen MR) is 63.7 cm³/mol. The van der Waals surface area contributed by atoms with Gasteiger partial charge in [0.1, 0.15) is 0 Å². The van der Waals surface area contributed by atoms with Crippen LogP contribution in [0.3, 0.4) is 0 Å². The van der Waals surface area contributed by atoms with E-state index in [0.29, 0.717) is 5.01 Å². The molecule has 0 unspecified atom stereocenters. The first-order valence-corrected chi connectivity index (χ1v) is 6.70. The van der Waals surface area contributed by atoms with E-state index in [9.17, 15) is 4.79 Å². The second kappa shape index (κ2) is 5.43. The Kier molecular flexibility index (Phi) is 3.93. The van der Waals surface area contributed by atoms with Crippen molar-refractivity contribution >= 4 is 17.3 Å². The van der Waals surface area contributed by atoms with Gasteiger partial charge in [0.05, 0.1) is 12.8 Å². The summed E-state index contributed by atoms with van der Waals surface area (Å²) in [5.74, 6) is 0.446. The van der Waals surface area contributed by atoms with Crippen LogP contribution in [0.15, 0.2) is 5.38 Å². The van der Waals surface area contributed by atoms with E-state index in [1.165, 1.54) is 50.6 Å². The van der Waals surface area contributed by atoms with E-state index in [2.05, 4.69) is 9.72 Å². The van der Waals surface area contributed by atoms with Crippen molar-refractivity contribution in [1.29, 1.82) is 0 Å². The average Bonchev–Trinajstić information content (AvgIpc) is 2.78. The van der Waals surface area contributed by atoms with Gasteiger partial charge in [0.15, 0.2) is 0 Å². The van der Waals surface area contributed by atoms with Crippen LogP contribution < -0.4 is 0 Å². The lowest BCUT2D eigenvalue weighted by atomic mass is 9.86. The molecule has 4 heteroatoms. The van der Waals surface area contributed by atoms with E-state index >= 15 is 0 Å². The van der Waals surface area contributed by atoms with Crippen LogP contribution in [0.4, 0.5) is 0 Å². The number of methoxy groups -OCH3 is 1. The summed E-state index contributed by atoms with van der Waals surface area (Å²) in [4.78, 5) is 15.6. The molecule has 1 aromatic rings. The van der Waals surface area contributed by atoms with Gasteiger partial charge in [-0.25, -0.2) is 9.78 Å². The Morgan fingerprint density at radius 1 is 1.50 bits per heavy atom. The summed E-state index contributed by atoms with van der Waals surface area (Å²) in [5, 5.41) is 2.47. The lowest BCUT2D eigenvalue weighted by Crippen LogP contribution is -2.09. The predicted octanol–water partition coefficient (Wildman–Crippen LogP) is 3.05. The molecule has 0 radical (unpaired) electrons. The molecule has 1 saturated carbocycles. The second-order valence-electron chi connectivity index (χ2n) is 4.34. The molecule has 16 heavy (non-hydrogen) atoms. The maximum absolute atomic E-state index is 11.2. The van der Waals surface area contributed by atoms with Crippen molar-refractivity contribution in [3.05, 3.63) is 16.1 Å². The largest absolute Gasteiger partial charge is 0.464 e. The van der Waals surface area contributed by atoms with Gasteiger partial charge < -0.3 is 4.74 Å². The SMILES string of the molecule is COC(=O)c1nc(CC2CCCCC2)cs1. The van der Waals surface area contributed by atoms with Crippen LogP contribution in [0.1, 0.15) is 47.6 Å². The molecule has 0 bridgehead atoms. The minimum atomic E-state index is -0.320. The number of rotatable bonds is 3. The number of ether oxygens (including phenoxy) is 1. The quantitative estimate of drug-likeness (QED) is 0.761. The molecule has 0 spiro atoms. The number of carbonyl (C=O) groups is 1. The first-order chi connectivity index (χ1) is 7.79. The highest BCUT2D eigenvalue weighted by Gasteiger charge is 2.17. The zero-order valence-electron chi connectivity index (χ0n) is 9.57. The summed E-state index contributed by atoms with van der Waals surface area (Å²) in [6, 6.07) is 0. The summed E-state index contributed by atoms with van der Waals surface area (Å²) in [7, 11) is 1.39. The normalized spacial score (nSPS) is 17.3. The Morgan fingerprint density at radius 2 is 2.25 bits per heavy atom. The minimum absolute atomic E-state index is 0.320. The van der Waals surface area contributed by atoms with Crippen molar-refractivity contribution in [2.24, 2.45) is 5.92 Å². The minimum Gasteiger partial charge on any atom is -0.464 e. The molecule has 1 aliphatic rings. The third-order valence-corrected chi connectivity index (χ3v) is 4.01. The van der Waals surface area contributed by atoms with Gasteiger partial charge in [-0.2, -0.15) is 0 Å². The number of esters is 1. The Balaban J connectivity index is 1.94. The highest BCUT2D eigenvalue weighted by molar-refractivity contribution is 7.11. The zero-order valence-corrected chi connectivity index (χ0v) is 10.4. The Labute approximate surface area is 99.8 Å². The molecule has 0 aromatic carbocycles. The molecular weight excluding hydrogens is 222 g/mol. The van der Waals surface area contributed by atoms with Crippen LogP contribution in [-0.4, -0.2) is 18.1 Å². The van der Waals surface area contributed by atoms with Gasteiger partial charge in [-0.3, -0.25) is 0 Å². The molecule has 0 aliphatic heterocycles. The summed E-state index contributed by atoms with van der Waals surface area (Å²) in [5.41, 5.74) is 1.05. The standard InChI is InChI=1S/C12H17NO2S/c1-15-12(14)11-13-10(8-16-11)7-9-5-3-2-4-6-9/h8-9H,2-7H2,1H3. The van der Waals surface area contributed by atoms with Crippen molar-refractivity contribution in [2.75, 3.05) is 7.11 Å². The van der Waals surface area contributed by atoms with E-state index < -0.39 is 0 Å². The van der Waals surface area contributed by atoms with Crippen molar-refractivity contribution in [3.8, 4) is 0 Å². The van der Waals surface area contributed by atoms with Crippen molar-refractivity contribution < 1.29 is 9.53 Å². The number of hydrogen-bond acceptors (Lipinski definition) is 4. The molecular formula is C12H17NO2S. The zero-order chi connectivity index (χ0) is 11.4. The van der Waals surface area contributed by atoms with Gasteiger partial charge in [-0.05, 0) is 12.3 Å². The fourth-order valence-electron chi connectivity index (χ4n) is 2.27. The van der Waals surface area contributed by atoms with Crippen molar-refractivity contribution in [3.63, 3.8) is 0 Å². The smallest absolute Gasteiger partial charge is 0.367 e. The van der Waals surface area contributed by atoms with E-state index in [1.807, 2.05) is 5.38 Å². The van der Waals surface area contributed by atoms with Gasteiger partial charge in [0, 0.05) is 5.38 Å². The third kappa shape index (κ3) is 2.82. The molecule has 1 heterocycles.